The van der Waals surface area contributed by atoms with E-state index in [1.807, 2.05) is 0 Å². The van der Waals surface area contributed by atoms with Gasteiger partial charge in [0, 0.05) is 14.1 Å². The monoisotopic (exact) mass is 445 g/mol. The molecule has 0 atom stereocenters. The van der Waals surface area contributed by atoms with E-state index in [9.17, 15) is 26.4 Å². The van der Waals surface area contributed by atoms with Crippen LogP contribution in [0.25, 0.3) is 22.6 Å². The van der Waals surface area contributed by atoms with Crippen molar-refractivity contribution in [1.82, 2.24) is 24.3 Å². The Bertz CT molecular complexity index is 1240. The minimum atomic E-state index is -4.66. The molecule has 0 aliphatic heterocycles. The fraction of sp³-hybridized carbons (Fsp3) is 0.412. The van der Waals surface area contributed by atoms with Gasteiger partial charge in [0.1, 0.15) is 16.3 Å². The van der Waals surface area contributed by atoms with Crippen molar-refractivity contribution in [3.8, 4) is 11.5 Å². The van der Waals surface area contributed by atoms with Crippen LogP contribution in [0.2, 0.25) is 0 Å². The van der Waals surface area contributed by atoms with E-state index in [1.54, 1.807) is 6.92 Å². The van der Waals surface area contributed by atoms with Crippen LogP contribution < -0.4 is 0 Å². The smallest absolute Gasteiger partial charge is 0.433 e. The normalized spacial score (nSPS) is 12.5. The van der Waals surface area contributed by atoms with Gasteiger partial charge in [0.15, 0.2) is 21.4 Å². The van der Waals surface area contributed by atoms with Gasteiger partial charge in [-0.3, -0.25) is 4.68 Å². The van der Waals surface area contributed by atoms with E-state index in [0.29, 0.717) is 0 Å². The molecule has 3 aromatic rings. The van der Waals surface area contributed by atoms with Crippen molar-refractivity contribution < 1.29 is 31.1 Å². The summed E-state index contributed by atoms with van der Waals surface area (Å²) in [7, 11) is -1.11. The quantitative estimate of drug-likeness (QED) is 0.555. The molecule has 3 heterocycles. The second kappa shape index (κ2) is 7.38. The lowest BCUT2D eigenvalue weighted by Gasteiger charge is -2.07. The van der Waals surface area contributed by atoms with Crippen molar-refractivity contribution in [1.29, 1.82) is 0 Å². The first kappa shape index (κ1) is 21.7. The number of fused-ring (bicyclic) bond motifs is 1. The van der Waals surface area contributed by atoms with E-state index in [-0.39, 0.29) is 45.5 Å². The number of ether oxygens (including phenoxy) is 1. The maximum Gasteiger partial charge on any atom is 0.433 e. The summed E-state index contributed by atoms with van der Waals surface area (Å²) >= 11 is 0. The third-order valence-corrected chi connectivity index (χ3v) is 6.20. The number of halogens is 3. The predicted octanol–water partition coefficient (Wildman–Crippen LogP) is 2.36. The van der Waals surface area contributed by atoms with Gasteiger partial charge < -0.3 is 9.30 Å². The van der Waals surface area contributed by atoms with Crippen molar-refractivity contribution in [2.24, 2.45) is 14.1 Å². The summed E-state index contributed by atoms with van der Waals surface area (Å²) in [5, 5.41) is 4.14. The third kappa shape index (κ3) is 3.53. The predicted molar refractivity (Wildman–Crippen MR) is 99.4 cm³/mol. The lowest BCUT2D eigenvalue weighted by Crippen LogP contribution is -2.16. The number of alkyl halides is 3. The number of pyridine rings is 1. The second-order valence-corrected chi connectivity index (χ2v) is 8.54. The molecule has 0 radical (unpaired) electrons. The summed E-state index contributed by atoms with van der Waals surface area (Å²) in [5.41, 5.74) is -1.38. The molecule has 0 spiro atoms. The number of aromatic nitrogens is 5. The highest BCUT2D eigenvalue weighted by Gasteiger charge is 2.35. The highest BCUT2D eigenvalue weighted by atomic mass is 32.2. The number of hydrogen-bond acceptors (Lipinski definition) is 7. The molecule has 0 saturated carbocycles. The van der Waals surface area contributed by atoms with Crippen LogP contribution in [0.4, 0.5) is 13.2 Å². The first-order chi connectivity index (χ1) is 13.9. The molecule has 0 bridgehead atoms. The molecular weight excluding hydrogens is 427 g/mol. The van der Waals surface area contributed by atoms with Crippen LogP contribution in [0.1, 0.15) is 30.0 Å². The van der Waals surface area contributed by atoms with Crippen molar-refractivity contribution in [3.05, 3.63) is 23.7 Å². The highest BCUT2D eigenvalue weighted by molar-refractivity contribution is 7.91. The van der Waals surface area contributed by atoms with Crippen LogP contribution in [0.15, 0.2) is 17.2 Å². The molecule has 0 unspecified atom stereocenters. The average molecular weight is 445 g/mol. The van der Waals surface area contributed by atoms with Gasteiger partial charge in [0.25, 0.3) is 0 Å². The summed E-state index contributed by atoms with van der Waals surface area (Å²) < 4.78 is 71.9. The summed E-state index contributed by atoms with van der Waals surface area (Å²) in [6.45, 7) is 2.98. The molecule has 13 heteroatoms. The Kier molecular flexibility index (Phi) is 5.35. The van der Waals surface area contributed by atoms with Crippen LogP contribution in [-0.4, -0.2) is 51.1 Å². The number of imidazole rings is 1. The van der Waals surface area contributed by atoms with E-state index >= 15 is 0 Å². The fourth-order valence-electron chi connectivity index (χ4n) is 2.97. The number of carbonyl (C=O) groups is 1. The molecule has 3 rings (SSSR count). The molecule has 0 N–H and O–H groups in total. The number of aryl methyl sites for hydroxylation is 2. The molecule has 30 heavy (non-hydrogen) atoms. The molecule has 0 amide bonds. The van der Waals surface area contributed by atoms with Crippen LogP contribution >= 0.6 is 0 Å². The van der Waals surface area contributed by atoms with Crippen molar-refractivity contribution in [2.75, 3.05) is 12.4 Å². The van der Waals surface area contributed by atoms with E-state index in [2.05, 4.69) is 15.1 Å². The Morgan fingerprint density at radius 2 is 1.90 bits per heavy atom. The minimum Gasteiger partial charge on any atom is -0.461 e. The van der Waals surface area contributed by atoms with Gasteiger partial charge in [-0.15, -0.1) is 0 Å². The standard InChI is InChI=1S/C17H18F3N5O4S/c1-5-29-16(26)13-14(30(27,28)6-2)12(23-25(13)4)15-22-9-7-11(17(18,19)20)21-8-10(9)24(15)3/h7-8H,5-6H2,1-4H3. The first-order valence-corrected chi connectivity index (χ1v) is 10.4. The maximum atomic E-state index is 13.0. The van der Waals surface area contributed by atoms with Crippen LogP contribution in [0, 0.1) is 0 Å². The van der Waals surface area contributed by atoms with E-state index < -0.39 is 27.7 Å². The fourth-order valence-corrected chi connectivity index (χ4v) is 4.19. The van der Waals surface area contributed by atoms with Gasteiger partial charge in [-0.05, 0) is 13.0 Å². The summed E-state index contributed by atoms with van der Waals surface area (Å²) in [6, 6.07) is 0.766. The maximum absolute atomic E-state index is 13.0. The Hall–Kier alpha value is -2.96. The number of sulfone groups is 1. The molecule has 0 fully saturated rings. The van der Waals surface area contributed by atoms with Crippen molar-refractivity contribution >= 4 is 26.8 Å². The number of nitrogens with zero attached hydrogens (tertiary/aromatic N) is 5. The Balaban J connectivity index is 2.33. The molecule has 0 aromatic carbocycles. The largest absolute Gasteiger partial charge is 0.461 e. The zero-order chi connectivity index (χ0) is 22.4. The van der Waals surface area contributed by atoms with E-state index in [0.717, 1.165) is 16.9 Å². The Morgan fingerprint density at radius 3 is 2.47 bits per heavy atom. The van der Waals surface area contributed by atoms with Gasteiger partial charge in [-0.25, -0.2) is 23.2 Å². The summed E-state index contributed by atoms with van der Waals surface area (Å²) in [6.07, 6.45) is -3.66. The number of esters is 1. The molecule has 0 aliphatic carbocycles. The van der Waals surface area contributed by atoms with Gasteiger partial charge in [-0.2, -0.15) is 18.3 Å². The van der Waals surface area contributed by atoms with Crippen LogP contribution in [-0.2, 0) is 34.8 Å². The summed E-state index contributed by atoms with van der Waals surface area (Å²) in [5.74, 6) is -1.24. The average Bonchev–Trinajstić information content (AvgIpc) is 3.18. The van der Waals surface area contributed by atoms with Crippen molar-refractivity contribution in [2.45, 2.75) is 24.9 Å². The summed E-state index contributed by atoms with van der Waals surface area (Å²) in [4.78, 5) is 19.6. The van der Waals surface area contributed by atoms with Gasteiger partial charge >= 0.3 is 12.1 Å². The van der Waals surface area contributed by atoms with Crippen molar-refractivity contribution in [3.63, 3.8) is 0 Å². The minimum absolute atomic E-state index is 0.0170. The number of hydrogen-bond donors (Lipinski definition) is 0. The van der Waals surface area contributed by atoms with E-state index in [1.165, 1.54) is 25.6 Å². The topological polar surface area (TPSA) is 109 Å². The second-order valence-electron chi connectivity index (χ2n) is 6.32. The van der Waals surface area contributed by atoms with Gasteiger partial charge in [0.05, 0.1) is 29.6 Å². The third-order valence-electron chi connectivity index (χ3n) is 4.43. The lowest BCUT2D eigenvalue weighted by atomic mass is 10.3. The SMILES string of the molecule is CCOC(=O)c1c(S(=O)(=O)CC)c(-c2nc3cc(C(F)(F)F)ncc3n2C)nn1C. The molecule has 0 aliphatic rings. The van der Waals surface area contributed by atoms with Gasteiger partial charge in [-0.1, -0.05) is 6.92 Å². The lowest BCUT2D eigenvalue weighted by molar-refractivity contribution is -0.141. The zero-order valence-corrected chi connectivity index (χ0v) is 17.3. The van der Waals surface area contributed by atoms with Crippen LogP contribution in [0.3, 0.4) is 0 Å². The Morgan fingerprint density at radius 1 is 1.23 bits per heavy atom. The molecule has 9 nitrogen and oxygen atoms in total. The molecular formula is C17H18F3N5O4S. The zero-order valence-electron chi connectivity index (χ0n) is 16.5. The number of carbonyl (C=O) groups excluding carboxylic acids is 1. The number of rotatable bonds is 5. The first-order valence-electron chi connectivity index (χ1n) is 8.79. The van der Waals surface area contributed by atoms with E-state index in [4.69, 9.17) is 4.74 Å². The van der Waals surface area contributed by atoms with Gasteiger partial charge in [0.2, 0.25) is 0 Å². The molecule has 3 aromatic heterocycles. The Labute approximate surface area is 169 Å². The highest BCUT2D eigenvalue weighted by Crippen LogP contribution is 2.34. The molecule has 0 saturated heterocycles. The van der Waals surface area contributed by atoms with Crippen LogP contribution in [0.5, 0.6) is 0 Å². The molecule has 162 valence electrons.